The van der Waals surface area contributed by atoms with Gasteiger partial charge in [0.25, 0.3) is 0 Å². The first-order chi connectivity index (χ1) is 8.87. The highest BCUT2D eigenvalue weighted by atomic mass is 19.4. The highest BCUT2D eigenvalue weighted by Gasteiger charge is 2.26. The van der Waals surface area contributed by atoms with Gasteiger partial charge in [-0.15, -0.1) is 0 Å². The van der Waals surface area contributed by atoms with Crippen molar-refractivity contribution in [2.24, 2.45) is 0 Å². The standard InChI is InChI=1S/C14H15F3N2/c1-10-4-3-5-11(2)13(10)19-9-7-12(18-19)6-8-14(15,16)17/h3-5,7,9H,6,8H2,1-2H3. The second-order valence-electron chi connectivity index (χ2n) is 4.61. The molecule has 0 radical (unpaired) electrons. The lowest BCUT2D eigenvalue weighted by molar-refractivity contribution is -0.134. The molecule has 0 amide bonds. The van der Waals surface area contributed by atoms with Crippen LogP contribution in [0, 0.1) is 13.8 Å². The number of hydrogen-bond acceptors (Lipinski definition) is 1. The van der Waals surface area contributed by atoms with Crippen LogP contribution >= 0.6 is 0 Å². The molecule has 0 aliphatic rings. The van der Waals surface area contributed by atoms with E-state index in [9.17, 15) is 13.2 Å². The molecule has 0 fully saturated rings. The second-order valence-corrected chi connectivity index (χ2v) is 4.61. The molecule has 5 heteroatoms. The van der Waals surface area contributed by atoms with Crippen molar-refractivity contribution in [3.63, 3.8) is 0 Å². The Morgan fingerprint density at radius 2 is 1.74 bits per heavy atom. The number of rotatable bonds is 3. The van der Waals surface area contributed by atoms with Crippen LogP contribution in [0.4, 0.5) is 13.2 Å². The van der Waals surface area contributed by atoms with Gasteiger partial charge >= 0.3 is 6.18 Å². The molecule has 1 aromatic carbocycles. The van der Waals surface area contributed by atoms with Gasteiger partial charge in [0.15, 0.2) is 0 Å². The molecule has 0 bridgehead atoms. The van der Waals surface area contributed by atoms with E-state index in [0.29, 0.717) is 5.69 Å². The monoisotopic (exact) mass is 268 g/mol. The third-order valence-electron chi connectivity index (χ3n) is 2.98. The molecule has 2 nitrogen and oxygen atoms in total. The molecule has 0 N–H and O–H groups in total. The van der Waals surface area contributed by atoms with Gasteiger partial charge in [0.05, 0.1) is 11.4 Å². The van der Waals surface area contributed by atoms with Crippen LogP contribution in [0.15, 0.2) is 30.5 Å². The van der Waals surface area contributed by atoms with Crippen LogP contribution < -0.4 is 0 Å². The smallest absolute Gasteiger partial charge is 0.240 e. The molecule has 1 aromatic heterocycles. The minimum Gasteiger partial charge on any atom is -0.240 e. The van der Waals surface area contributed by atoms with E-state index >= 15 is 0 Å². The molecular formula is C14H15F3N2. The first-order valence-corrected chi connectivity index (χ1v) is 6.05. The third-order valence-corrected chi connectivity index (χ3v) is 2.98. The highest BCUT2D eigenvalue weighted by molar-refractivity contribution is 5.46. The Balaban J connectivity index is 2.22. The van der Waals surface area contributed by atoms with E-state index in [4.69, 9.17) is 0 Å². The van der Waals surface area contributed by atoms with E-state index in [1.165, 1.54) is 0 Å². The quantitative estimate of drug-likeness (QED) is 0.823. The second kappa shape index (κ2) is 5.07. The number of alkyl halides is 3. The van der Waals surface area contributed by atoms with Crippen molar-refractivity contribution < 1.29 is 13.2 Å². The zero-order valence-corrected chi connectivity index (χ0v) is 10.8. The number of nitrogens with zero attached hydrogens (tertiary/aromatic N) is 2. The number of halogens is 3. The van der Waals surface area contributed by atoms with E-state index in [2.05, 4.69) is 5.10 Å². The van der Waals surface area contributed by atoms with E-state index in [1.807, 2.05) is 32.0 Å². The Hall–Kier alpha value is -1.78. The lowest BCUT2D eigenvalue weighted by atomic mass is 10.1. The Bertz CT molecular complexity index is 550. The molecule has 0 aliphatic carbocycles. The summed E-state index contributed by atoms with van der Waals surface area (Å²) in [6, 6.07) is 7.50. The molecule has 2 rings (SSSR count). The summed E-state index contributed by atoms with van der Waals surface area (Å²) in [4.78, 5) is 0. The Labute approximate surface area is 109 Å². The summed E-state index contributed by atoms with van der Waals surface area (Å²) in [5.74, 6) is 0. The topological polar surface area (TPSA) is 17.8 Å². The Morgan fingerprint density at radius 3 is 2.32 bits per heavy atom. The summed E-state index contributed by atoms with van der Waals surface area (Å²) in [5.41, 5.74) is 3.48. The summed E-state index contributed by atoms with van der Waals surface area (Å²) in [6.45, 7) is 3.92. The molecule has 2 aromatic rings. The van der Waals surface area contributed by atoms with Crippen molar-refractivity contribution in [1.29, 1.82) is 0 Å². The zero-order chi connectivity index (χ0) is 14.0. The van der Waals surface area contributed by atoms with Crippen molar-refractivity contribution in [3.05, 3.63) is 47.3 Å². The molecule has 0 unspecified atom stereocenters. The first kappa shape index (κ1) is 13.6. The number of para-hydroxylation sites is 1. The van der Waals surface area contributed by atoms with Gasteiger partial charge in [0.1, 0.15) is 0 Å². The fraction of sp³-hybridized carbons (Fsp3) is 0.357. The Morgan fingerprint density at radius 1 is 1.11 bits per heavy atom. The number of hydrogen-bond donors (Lipinski definition) is 0. The van der Waals surface area contributed by atoms with E-state index in [1.54, 1.807) is 16.9 Å². The average Bonchev–Trinajstić information content (AvgIpc) is 2.74. The van der Waals surface area contributed by atoms with Gasteiger partial charge in [0.2, 0.25) is 0 Å². The lowest BCUT2D eigenvalue weighted by Crippen LogP contribution is -2.09. The fourth-order valence-corrected chi connectivity index (χ4v) is 2.06. The van der Waals surface area contributed by atoms with Gasteiger partial charge in [-0.25, -0.2) is 4.68 Å². The molecule has 0 saturated carbocycles. The summed E-state index contributed by atoms with van der Waals surface area (Å²) < 4.78 is 38.1. The van der Waals surface area contributed by atoms with Crippen LogP contribution in [0.3, 0.4) is 0 Å². The predicted octanol–water partition coefficient (Wildman–Crippen LogP) is 3.98. The van der Waals surface area contributed by atoms with Crippen molar-refractivity contribution in [3.8, 4) is 5.69 Å². The molecule has 102 valence electrons. The highest BCUT2D eigenvalue weighted by Crippen LogP contribution is 2.22. The maximum absolute atomic E-state index is 12.2. The number of benzene rings is 1. The van der Waals surface area contributed by atoms with Crippen LogP contribution in [-0.2, 0) is 6.42 Å². The molecular weight excluding hydrogens is 253 g/mol. The van der Waals surface area contributed by atoms with Crippen LogP contribution in [-0.4, -0.2) is 16.0 Å². The van der Waals surface area contributed by atoms with Crippen molar-refractivity contribution in [2.75, 3.05) is 0 Å². The van der Waals surface area contributed by atoms with Gasteiger partial charge in [0, 0.05) is 19.0 Å². The average molecular weight is 268 g/mol. The van der Waals surface area contributed by atoms with Crippen LogP contribution in [0.5, 0.6) is 0 Å². The molecule has 0 aliphatic heterocycles. The minimum absolute atomic E-state index is 0.0819. The summed E-state index contributed by atoms with van der Waals surface area (Å²) in [5, 5.41) is 4.22. The van der Waals surface area contributed by atoms with E-state index < -0.39 is 12.6 Å². The predicted molar refractivity (Wildman–Crippen MR) is 67.4 cm³/mol. The summed E-state index contributed by atoms with van der Waals surface area (Å²) in [7, 11) is 0. The minimum atomic E-state index is -4.14. The molecule has 0 spiro atoms. The molecule has 1 heterocycles. The van der Waals surface area contributed by atoms with Crippen molar-refractivity contribution >= 4 is 0 Å². The normalized spacial score (nSPS) is 11.8. The summed E-state index contributed by atoms with van der Waals surface area (Å²) >= 11 is 0. The summed E-state index contributed by atoms with van der Waals surface area (Å²) in [6.07, 6.45) is -3.35. The largest absolute Gasteiger partial charge is 0.389 e. The van der Waals surface area contributed by atoms with Crippen molar-refractivity contribution in [2.45, 2.75) is 32.9 Å². The van der Waals surface area contributed by atoms with Gasteiger partial charge in [-0.1, -0.05) is 18.2 Å². The first-order valence-electron chi connectivity index (χ1n) is 6.05. The van der Waals surface area contributed by atoms with Crippen molar-refractivity contribution in [1.82, 2.24) is 9.78 Å². The van der Waals surface area contributed by atoms with Crippen LogP contribution in [0.25, 0.3) is 5.69 Å². The van der Waals surface area contributed by atoms with Gasteiger partial charge in [-0.05, 0) is 31.0 Å². The number of aromatic nitrogens is 2. The van der Waals surface area contributed by atoms with Gasteiger partial charge in [-0.2, -0.15) is 18.3 Å². The SMILES string of the molecule is Cc1cccc(C)c1-n1ccc(CCC(F)(F)F)n1. The lowest BCUT2D eigenvalue weighted by Gasteiger charge is -2.09. The Kier molecular flexibility index (Phi) is 3.64. The molecule has 0 atom stereocenters. The van der Waals surface area contributed by atoms with Gasteiger partial charge < -0.3 is 0 Å². The van der Waals surface area contributed by atoms with Gasteiger partial charge in [-0.3, -0.25) is 0 Å². The maximum Gasteiger partial charge on any atom is 0.389 e. The molecule has 0 saturated heterocycles. The zero-order valence-electron chi connectivity index (χ0n) is 10.8. The van der Waals surface area contributed by atoms with Crippen LogP contribution in [0.1, 0.15) is 23.2 Å². The number of aryl methyl sites for hydroxylation is 3. The van der Waals surface area contributed by atoms with E-state index in [-0.39, 0.29) is 6.42 Å². The third kappa shape index (κ3) is 3.36. The maximum atomic E-state index is 12.2. The fourth-order valence-electron chi connectivity index (χ4n) is 2.06. The van der Waals surface area contributed by atoms with E-state index in [0.717, 1.165) is 16.8 Å². The molecule has 19 heavy (non-hydrogen) atoms. The van der Waals surface area contributed by atoms with Crippen LogP contribution in [0.2, 0.25) is 0 Å².